The van der Waals surface area contributed by atoms with Crippen LogP contribution in [0.4, 0.5) is 11.4 Å². The van der Waals surface area contributed by atoms with E-state index < -0.39 is 20.0 Å². The van der Waals surface area contributed by atoms with E-state index in [2.05, 4.69) is 37.1 Å². The minimum atomic E-state index is -3.43. The van der Waals surface area contributed by atoms with Gasteiger partial charge in [0.05, 0.1) is 12.5 Å². The Morgan fingerprint density at radius 1 is 0.667 bits per heavy atom. The maximum absolute atomic E-state index is 12.2. The molecule has 8 heteroatoms. The number of sulfonamides is 2. The molecular weight excluding hydrogens is 528 g/mol. The van der Waals surface area contributed by atoms with Crippen molar-refractivity contribution in [1.29, 1.82) is 0 Å². The molecule has 0 fully saturated rings. The normalized spacial score (nSPS) is 15.8. The van der Waals surface area contributed by atoms with Crippen LogP contribution in [0.5, 0.6) is 0 Å². The molecule has 2 N–H and O–H groups in total. The molecule has 1 aliphatic carbocycles. The molecule has 0 amide bonds. The molecule has 2 atom stereocenters. The van der Waals surface area contributed by atoms with Crippen molar-refractivity contribution >= 4 is 31.4 Å². The quantitative estimate of drug-likeness (QED) is 0.212. The zero-order valence-electron chi connectivity index (χ0n) is 24.6. The third kappa shape index (κ3) is 8.00. The Kier molecular flexibility index (Phi) is 10.5. The lowest BCUT2D eigenvalue weighted by Gasteiger charge is -2.39. The maximum Gasteiger partial charge on any atom is 0.229 e. The highest BCUT2D eigenvalue weighted by Crippen LogP contribution is 2.57. The van der Waals surface area contributed by atoms with Gasteiger partial charge < -0.3 is 0 Å². The Balaban J connectivity index is 2.29. The molecule has 2 unspecified atom stereocenters. The molecule has 39 heavy (non-hydrogen) atoms. The van der Waals surface area contributed by atoms with E-state index in [1.807, 2.05) is 36.4 Å². The summed E-state index contributed by atoms with van der Waals surface area (Å²) in [5, 5.41) is 0. The minimum Gasteiger partial charge on any atom is -0.284 e. The van der Waals surface area contributed by atoms with Crippen LogP contribution in [0.25, 0.3) is 11.1 Å². The van der Waals surface area contributed by atoms with E-state index in [0.717, 1.165) is 73.6 Å². The van der Waals surface area contributed by atoms with E-state index in [-0.39, 0.29) is 5.41 Å². The summed E-state index contributed by atoms with van der Waals surface area (Å²) in [6, 6.07) is 11.8. The van der Waals surface area contributed by atoms with Crippen LogP contribution in [0.15, 0.2) is 36.4 Å². The van der Waals surface area contributed by atoms with Gasteiger partial charge in [-0.3, -0.25) is 9.44 Å². The predicted octanol–water partition coefficient (Wildman–Crippen LogP) is 7.91. The fourth-order valence-corrected chi connectivity index (χ4v) is 7.56. The zero-order chi connectivity index (χ0) is 28.8. The van der Waals surface area contributed by atoms with Crippen molar-refractivity contribution in [3.8, 4) is 11.1 Å². The summed E-state index contributed by atoms with van der Waals surface area (Å²) in [5.74, 6) is 1.01. The molecule has 1 aliphatic rings. The van der Waals surface area contributed by atoms with Crippen LogP contribution in [0.2, 0.25) is 0 Å². The number of rotatable bonds is 16. The molecule has 0 saturated carbocycles. The highest BCUT2D eigenvalue weighted by Gasteiger charge is 2.45. The molecule has 218 valence electrons. The van der Waals surface area contributed by atoms with Gasteiger partial charge in [0, 0.05) is 16.8 Å². The van der Waals surface area contributed by atoms with Gasteiger partial charge in [0.25, 0.3) is 0 Å². The SMILES string of the molecule is CCCCC(CC)CC1(CC(CC)CCCC)c2cc(NS(C)(=O)=O)ccc2-c2ccc(NS(C)(=O)=O)cc21. The highest BCUT2D eigenvalue weighted by atomic mass is 32.2. The van der Waals surface area contributed by atoms with Gasteiger partial charge in [-0.15, -0.1) is 0 Å². The van der Waals surface area contributed by atoms with Crippen LogP contribution in [0.3, 0.4) is 0 Å². The summed E-state index contributed by atoms with van der Waals surface area (Å²) in [4.78, 5) is 0. The van der Waals surface area contributed by atoms with Gasteiger partial charge in [0.1, 0.15) is 0 Å². The smallest absolute Gasteiger partial charge is 0.229 e. The lowest BCUT2D eigenvalue weighted by molar-refractivity contribution is 0.266. The van der Waals surface area contributed by atoms with Crippen LogP contribution in [0, 0.1) is 11.8 Å². The Hall–Kier alpha value is -2.06. The first-order valence-electron chi connectivity index (χ1n) is 14.6. The Labute approximate surface area is 237 Å². The maximum atomic E-state index is 12.2. The molecule has 0 radical (unpaired) electrons. The molecule has 3 rings (SSSR count). The molecule has 2 aromatic rings. The van der Waals surface area contributed by atoms with E-state index in [4.69, 9.17) is 0 Å². The first kappa shape index (κ1) is 31.5. The van der Waals surface area contributed by atoms with E-state index >= 15 is 0 Å². The van der Waals surface area contributed by atoms with Gasteiger partial charge in [-0.25, -0.2) is 16.8 Å². The fraction of sp³-hybridized carbons (Fsp3) is 0.613. The average Bonchev–Trinajstić information content (AvgIpc) is 3.10. The van der Waals surface area contributed by atoms with Crippen molar-refractivity contribution in [2.45, 2.75) is 97.3 Å². The summed E-state index contributed by atoms with van der Waals surface area (Å²) in [7, 11) is -6.86. The van der Waals surface area contributed by atoms with Gasteiger partial charge >= 0.3 is 0 Å². The zero-order valence-corrected chi connectivity index (χ0v) is 26.3. The average molecular weight is 577 g/mol. The molecule has 6 nitrogen and oxygen atoms in total. The number of unbranched alkanes of at least 4 members (excludes halogenated alkanes) is 2. The minimum absolute atomic E-state index is 0.335. The van der Waals surface area contributed by atoms with Crippen LogP contribution in [-0.4, -0.2) is 29.3 Å². The van der Waals surface area contributed by atoms with Gasteiger partial charge in [-0.05, 0) is 71.2 Å². The summed E-state index contributed by atoms with van der Waals surface area (Å²) in [5.41, 5.74) is 5.37. The van der Waals surface area contributed by atoms with Gasteiger partial charge in [0.2, 0.25) is 20.0 Å². The standard InChI is InChI=1S/C31H48N2O4S2/c1-7-11-13-23(9-3)21-31(22-24(10-4)14-12-8-2)29-19-25(32-38(5,34)35)15-17-27(29)28-18-16-26(20-30(28)31)33-39(6,36)37/h15-20,23-24,32-33H,7-14,21-22H2,1-6H3. The van der Waals surface area contributed by atoms with Crippen molar-refractivity contribution in [3.63, 3.8) is 0 Å². The van der Waals surface area contributed by atoms with Crippen molar-refractivity contribution in [1.82, 2.24) is 0 Å². The first-order chi connectivity index (χ1) is 18.4. The number of benzene rings is 2. The molecule has 0 aliphatic heterocycles. The summed E-state index contributed by atoms with van der Waals surface area (Å²) in [6.45, 7) is 8.99. The Bertz CT molecular complexity index is 1230. The third-order valence-electron chi connectivity index (χ3n) is 8.33. The number of anilines is 2. The van der Waals surface area contributed by atoms with Crippen molar-refractivity contribution in [3.05, 3.63) is 47.5 Å². The van der Waals surface area contributed by atoms with E-state index in [9.17, 15) is 16.8 Å². The number of nitrogens with one attached hydrogen (secondary N) is 2. The third-order valence-corrected chi connectivity index (χ3v) is 9.54. The number of hydrogen-bond donors (Lipinski definition) is 2. The van der Waals surface area contributed by atoms with E-state index in [1.54, 1.807) is 0 Å². The predicted molar refractivity (Wildman–Crippen MR) is 165 cm³/mol. The molecular formula is C31H48N2O4S2. The lowest BCUT2D eigenvalue weighted by Crippen LogP contribution is -2.32. The molecule has 0 heterocycles. The second-order valence-corrected chi connectivity index (χ2v) is 15.1. The number of fused-ring (bicyclic) bond motifs is 3. The monoisotopic (exact) mass is 576 g/mol. The topological polar surface area (TPSA) is 92.3 Å². The molecule has 0 spiro atoms. The molecule has 0 saturated heterocycles. The first-order valence-corrected chi connectivity index (χ1v) is 18.4. The summed E-state index contributed by atoms with van der Waals surface area (Å²) < 4.78 is 54.1. The van der Waals surface area contributed by atoms with Gasteiger partial charge in [0.15, 0.2) is 0 Å². The Morgan fingerprint density at radius 2 is 1.05 bits per heavy atom. The molecule has 0 aromatic heterocycles. The van der Waals surface area contributed by atoms with Crippen LogP contribution in [-0.2, 0) is 25.5 Å². The second-order valence-electron chi connectivity index (χ2n) is 11.6. The van der Waals surface area contributed by atoms with Crippen LogP contribution >= 0.6 is 0 Å². The lowest BCUT2D eigenvalue weighted by atomic mass is 9.65. The van der Waals surface area contributed by atoms with Crippen LogP contribution in [0.1, 0.15) is 103 Å². The van der Waals surface area contributed by atoms with Crippen molar-refractivity contribution in [2.24, 2.45) is 11.8 Å². The van der Waals surface area contributed by atoms with E-state index in [0.29, 0.717) is 23.2 Å². The fourth-order valence-electron chi connectivity index (χ4n) is 6.45. The van der Waals surface area contributed by atoms with Gasteiger partial charge in [-0.1, -0.05) is 91.2 Å². The van der Waals surface area contributed by atoms with Crippen molar-refractivity contribution < 1.29 is 16.8 Å². The van der Waals surface area contributed by atoms with Crippen LogP contribution < -0.4 is 9.44 Å². The number of hydrogen-bond acceptors (Lipinski definition) is 4. The Morgan fingerprint density at radius 3 is 1.36 bits per heavy atom. The molecule has 2 aromatic carbocycles. The van der Waals surface area contributed by atoms with Crippen molar-refractivity contribution in [2.75, 3.05) is 22.0 Å². The molecule has 0 bridgehead atoms. The van der Waals surface area contributed by atoms with Gasteiger partial charge in [-0.2, -0.15) is 0 Å². The summed E-state index contributed by atoms with van der Waals surface area (Å²) in [6.07, 6.45) is 13.4. The van der Waals surface area contributed by atoms with E-state index in [1.165, 1.54) is 25.4 Å². The summed E-state index contributed by atoms with van der Waals surface area (Å²) >= 11 is 0. The second kappa shape index (κ2) is 13.1. The largest absolute Gasteiger partial charge is 0.284 e. The highest BCUT2D eigenvalue weighted by molar-refractivity contribution is 7.92.